The van der Waals surface area contributed by atoms with Crippen LogP contribution in [0.1, 0.15) is 40.6 Å². The molecule has 114 valence electrons. The molecule has 1 N–H and O–H groups in total. The molecule has 1 fully saturated rings. The van der Waals surface area contributed by atoms with Gasteiger partial charge < -0.3 is 14.5 Å². The lowest BCUT2D eigenvalue weighted by Crippen LogP contribution is -2.35. The summed E-state index contributed by atoms with van der Waals surface area (Å²) in [6, 6.07) is 10.9. The largest absolute Gasteiger partial charge is 0.480 e. The number of aliphatic carboxylic acids is 1. The minimum absolute atomic E-state index is 0.166. The Bertz CT molecular complexity index is 676. The quantitative estimate of drug-likeness (QED) is 0.884. The van der Waals surface area contributed by atoms with Gasteiger partial charge in [-0.2, -0.15) is 0 Å². The number of carbonyl (C=O) groups excluding carboxylic acids is 1. The van der Waals surface area contributed by atoms with Gasteiger partial charge in [0.1, 0.15) is 12.3 Å². The van der Waals surface area contributed by atoms with E-state index in [2.05, 4.69) is 5.16 Å². The Morgan fingerprint density at radius 2 is 2.00 bits per heavy atom. The maximum atomic E-state index is 12.5. The number of hydrogen-bond acceptors (Lipinski definition) is 4. The fourth-order valence-electron chi connectivity index (χ4n) is 2.28. The topological polar surface area (TPSA) is 83.6 Å². The predicted octanol–water partition coefficient (Wildman–Crippen LogP) is 2.28. The number of nitrogens with zero attached hydrogens (tertiary/aromatic N) is 2. The van der Waals surface area contributed by atoms with E-state index in [0.29, 0.717) is 11.7 Å². The molecular weight excluding hydrogens is 284 g/mol. The molecule has 0 bridgehead atoms. The smallest absolute Gasteiger partial charge is 0.323 e. The van der Waals surface area contributed by atoms with E-state index in [9.17, 15) is 9.59 Å². The predicted molar refractivity (Wildman–Crippen MR) is 77.3 cm³/mol. The summed E-state index contributed by atoms with van der Waals surface area (Å²) < 4.78 is 5.17. The van der Waals surface area contributed by atoms with E-state index in [1.807, 2.05) is 30.3 Å². The monoisotopic (exact) mass is 300 g/mol. The first kappa shape index (κ1) is 14.3. The SMILES string of the molecule is O=C(O)CN(Cc1ccccc1)C(=O)c1cc(C2CC2)on1. The third-order valence-corrected chi connectivity index (χ3v) is 3.56. The van der Waals surface area contributed by atoms with Gasteiger partial charge in [-0.05, 0) is 18.4 Å². The van der Waals surface area contributed by atoms with Gasteiger partial charge in [0.05, 0.1) is 0 Å². The second kappa shape index (κ2) is 6.01. The summed E-state index contributed by atoms with van der Waals surface area (Å²) in [7, 11) is 0. The van der Waals surface area contributed by atoms with Crippen molar-refractivity contribution in [2.24, 2.45) is 0 Å². The second-order valence-electron chi connectivity index (χ2n) is 5.43. The average molecular weight is 300 g/mol. The standard InChI is InChI=1S/C16H16N2O4/c19-15(20)10-18(9-11-4-2-1-3-5-11)16(21)13-8-14(22-17-13)12-6-7-12/h1-5,8,12H,6-7,9-10H2,(H,19,20). The molecule has 6 heteroatoms. The third-order valence-electron chi connectivity index (χ3n) is 3.56. The molecular formula is C16H16N2O4. The van der Waals surface area contributed by atoms with Crippen molar-refractivity contribution in [2.45, 2.75) is 25.3 Å². The molecule has 6 nitrogen and oxygen atoms in total. The summed E-state index contributed by atoms with van der Waals surface area (Å²) >= 11 is 0. The molecule has 0 unspecified atom stereocenters. The summed E-state index contributed by atoms with van der Waals surface area (Å²) in [6.07, 6.45) is 2.09. The fourth-order valence-corrected chi connectivity index (χ4v) is 2.28. The first-order valence-electron chi connectivity index (χ1n) is 7.15. The van der Waals surface area contributed by atoms with Crippen LogP contribution in [0.5, 0.6) is 0 Å². The lowest BCUT2D eigenvalue weighted by atomic mass is 10.2. The zero-order chi connectivity index (χ0) is 15.5. The zero-order valence-electron chi connectivity index (χ0n) is 11.9. The Morgan fingerprint density at radius 3 is 2.64 bits per heavy atom. The lowest BCUT2D eigenvalue weighted by molar-refractivity contribution is -0.137. The van der Waals surface area contributed by atoms with E-state index >= 15 is 0 Å². The van der Waals surface area contributed by atoms with Crippen LogP contribution >= 0.6 is 0 Å². The molecule has 1 heterocycles. The molecule has 1 saturated carbocycles. The highest BCUT2D eigenvalue weighted by molar-refractivity contribution is 5.94. The summed E-state index contributed by atoms with van der Waals surface area (Å²) in [5.74, 6) is -0.425. The van der Waals surface area contributed by atoms with Gasteiger partial charge >= 0.3 is 5.97 Å². The van der Waals surface area contributed by atoms with Crippen LogP contribution in [-0.2, 0) is 11.3 Å². The van der Waals surface area contributed by atoms with Crippen LogP contribution in [0.15, 0.2) is 40.9 Å². The Kier molecular flexibility index (Phi) is 3.91. The summed E-state index contributed by atoms with van der Waals surface area (Å²) in [5, 5.41) is 12.8. The molecule has 1 amide bonds. The highest BCUT2D eigenvalue weighted by Gasteiger charge is 2.30. The molecule has 1 aromatic heterocycles. The first-order valence-corrected chi connectivity index (χ1v) is 7.15. The van der Waals surface area contributed by atoms with Gasteiger partial charge in [0.2, 0.25) is 0 Å². The van der Waals surface area contributed by atoms with Gasteiger partial charge in [0.15, 0.2) is 5.69 Å². The van der Waals surface area contributed by atoms with Gasteiger partial charge in [-0.15, -0.1) is 0 Å². The summed E-state index contributed by atoms with van der Waals surface area (Å²) in [4.78, 5) is 24.8. The van der Waals surface area contributed by atoms with Gasteiger partial charge in [-0.25, -0.2) is 0 Å². The van der Waals surface area contributed by atoms with Crippen molar-refractivity contribution in [1.82, 2.24) is 10.1 Å². The maximum Gasteiger partial charge on any atom is 0.323 e. The van der Waals surface area contributed by atoms with Crippen LogP contribution in [0, 0.1) is 0 Å². The average Bonchev–Trinajstić information content (AvgIpc) is 3.24. The Balaban J connectivity index is 1.77. The van der Waals surface area contributed by atoms with Crippen LogP contribution in [0.2, 0.25) is 0 Å². The maximum absolute atomic E-state index is 12.5. The third kappa shape index (κ3) is 3.33. The zero-order valence-corrected chi connectivity index (χ0v) is 11.9. The first-order chi connectivity index (χ1) is 10.6. The van der Waals surface area contributed by atoms with Crippen molar-refractivity contribution in [2.75, 3.05) is 6.54 Å². The Hall–Kier alpha value is -2.63. The number of benzene rings is 1. The molecule has 22 heavy (non-hydrogen) atoms. The van der Waals surface area contributed by atoms with Gasteiger partial charge in [-0.1, -0.05) is 35.5 Å². The molecule has 0 atom stereocenters. The minimum atomic E-state index is -1.06. The van der Waals surface area contributed by atoms with Crippen LogP contribution in [0.4, 0.5) is 0 Å². The van der Waals surface area contributed by atoms with E-state index in [1.54, 1.807) is 6.07 Å². The molecule has 0 saturated heterocycles. The van der Waals surface area contributed by atoms with E-state index in [1.165, 1.54) is 4.90 Å². The molecule has 3 rings (SSSR count). The van der Waals surface area contributed by atoms with Crippen molar-refractivity contribution in [3.8, 4) is 0 Å². The number of carbonyl (C=O) groups is 2. The van der Waals surface area contributed by atoms with E-state index in [0.717, 1.165) is 18.4 Å². The van der Waals surface area contributed by atoms with Crippen LogP contribution in [-0.4, -0.2) is 33.6 Å². The van der Waals surface area contributed by atoms with Crippen molar-refractivity contribution in [1.29, 1.82) is 0 Å². The number of hydrogen-bond donors (Lipinski definition) is 1. The van der Waals surface area contributed by atoms with Gasteiger partial charge in [-0.3, -0.25) is 9.59 Å². The summed E-state index contributed by atoms with van der Waals surface area (Å²) in [6.45, 7) is -0.156. The molecule has 0 aliphatic heterocycles. The van der Waals surface area contributed by atoms with Crippen molar-refractivity contribution < 1.29 is 19.2 Å². The van der Waals surface area contributed by atoms with Crippen LogP contribution in [0.25, 0.3) is 0 Å². The Morgan fingerprint density at radius 1 is 1.27 bits per heavy atom. The fraction of sp³-hybridized carbons (Fsp3) is 0.312. The highest BCUT2D eigenvalue weighted by Crippen LogP contribution is 2.40. The molecule has 1 aliphatic carbocycles. The minimum Gasteiger partial charge on any atom is -0.480 e. The van der Waals surface area contributed by atoms with Gasteiger partial charge in [0.25, 0.3) is 5.91 Å². The molecule has 2 aromatic rings. The number of amides is 1. The van der Waals surface area contributed by atoms with Crippen LogP contribution < -0.4 is 0 Å². The van der Waals surface area contributed by atoms with Crippen molar-refractivity contribution in [3.63, 3.8) is 0 Å². The molecule has 0 radical (unpaired) electrons. The van der Waals surface area contributed by atoms with E-state index in [-0.39, 0.29) is 18.8 Å². The molecule has 1 aliphatic rings. The van der Waals surface area contributed by atoms with E-state index < -0.39 is 11.9 Å². The second-order valence-corrected chi connectivity index (χ2v) is 5.43. The molecule has 0 spiro atoms. The Labute approximate surface area is 127 Å². The van der Waals surface area contributed by atoms with Crippen LogP contribution in [0.3, 0.4) is 0 Å². The molecule has 1 aromatic carbocycles. The summed E-state index contributed by atoms with van der Waals surface area (Å²) in [5.41, 5.74) is 1.03. The van der Waals surface area contributed by atoms with Crippen molar-refractivity contribution >= 4 is 11.9 Å². The normalized spacial score (nSPS) is 13.8. The number of rotatable bonds is 6. The number of aromatic nitrogens is 1. The number of carboxylic acid groups (broad SMARTS) is 1. The van der Waals surface area contributed by atoms with Gasteiger partial charge in [0, 0.05) is 18.5 Å². The lowest BCUT2D eigenvalue weighted by Gasteiger charge is -2.19. The van der Waals surface area contributed by atoms with E-state index in [4.69, 9.17) is 9.63 Å². The highest BCUT2D eigenvalue weighted by atomic mass is 16.5. The number of carboxylic acids is 1. The van der Waals surface area contributed by atoms with Crippen molar-refractivity contribution in [3.05, 3.63) is 53.4 Å².